The van der Waals surface area contributed by atoms with Crippen LogP contribution in [0.3, 0.4) is 0 Å². The Morgan fingerprint density at radius 1 is 0.964 bits per heavy atom. The van der Waals surface area contributed by atoms with E-state index >= 15 is 0 Å². The summed E-state index contributed by atoms with van der Waals surface area (Å²) in [6.45, 7) is 3.32. The Morgan fingerprint density at radius 3 is 2.29 bits per heavy atom. The second-order valence-electron chi connectivity index (χ2n) is 6.13. The van der Waals surface area contributed by atoms with Crippen LogP contribution in [0.25, 0.3) is 22.8 Å². The van der Waals surface area contributed by atoms with Crippen LogP contribution < -0.4 is 10.2 Å². The van der Waals surface area contributed by atoms with E-state index in [2.05, 4.69) is 24.6 Å². The van der Waals surface area contributed by atoms with Crippen LogP contribution in [-0.2, 0) is 6.18 Å². The Kier molecular flexibility index (Phi) is 6.17. The van der Waals surface area contributed by atoms with Gasteiger partial charge in [-0.3, -0.25) is 0 Å². The Balaban J connectivity index is 0.00000225. The molecule has 1 aliphatic rings. The zero-order valence-corrected chi connectivity index (χ0v) is 16.2. The van der Waals surface area contributed by atoms with Gasteiger partial charge in [0, 0.05) is 43.2 Å². The minimum Gasteiger partial charge on any atom is -0.354 e. The molecule has 2 aromatic heterocycles. The van der Waals surface area contributed by atoms with E-state index in [-0.39, 0.29) is 12.4 Å². The van der Waals surface area contributed by atoms with Crippen molar-refractivity contribution in [2.24, 2.45) is 0 Å². The van der Waals surface area contributed by atoms with Gasteiger partial charge in [0.15, 0.2) is 5.82 Å². The van der Waals surface area contributed by atoms with E-state index in [0.29, 0.717) is 22.8 Å². The van der Waals surface area contributed by atoms with Gasteiger partial charge in [0.1, 0.15) is 11.5 Å². The SMILES string of the molecule is Cl.FC(F)(F)c1ccc(-c2cc(N3CCNCC3)nc(-c3ccsn3)n2)cc1. The van der Waals surface area contributed by atoms with Crippen molar-refractivity contribution in [1.82, 2.24) is 19.7 Å². The zero-order chi connectivity index (χ0) is 18.9. The third-order valence-electron chi connectivity index (χ3n) is 4.33. The summed E-state index contributed by atoms with van der Waals surface area (Å²) in [5, 5.41) is 5.13. The summed E-state index contributed by atoms with van der Waals surface area (Å²) < 4.78 is 42.8. The van der Waals surface area contributed by atoms with E-state index in [1.807, 2.05) is 17.5 Å². The quantitative estimate of drug-likeness (QED) is 0.681. The summed E-state index contributed by atoms with van der Waals surface area (Å²) in [6.07, 6.45) is -4.36. The molecule has 0 aliphatic carbocycles. The van der Waals surface area contributed by atoms with Crippen LogP contribution in [0.15, 0.2) is 41.8 Å². The van der Waals surface area contributed by atoms with Crippen molar-refractivity contribution in [2.45, 2.75) is 6.18 Å². The van der Waals surface area contributed by atoms with Crippen molar-refractivity contribution in [3.8, 4) is 22.8 Å². The smallest absolute Gasteiger partial charge is 0.354 e. The average Bonchev–Trinajstić information content (AvgIpc) is 3.23. The molecule has 0 atom stereocenters. The third-order valence-corrected chi connectivity index (χ3v) is 4.89. The van der Waals surface area contributed by atoms with E-state index in [9.17, 15) is 13.2 Å². The first-order valence-corrected chi connectivity index (χ1v) is 9.27. The Hall–Kier alpha value is -2.23. The molecule has 10 heteroatoms. The maximum atomic E-state index is 12.8. The Labute approximate surface area is 170 Å². The maximum Gasteiger partial charge on any atom is 0.416 e. The molecule has 1 aromatic carbocycles. The summed E-state index contributed by atoms with van der Waals surface area (Å²) in [7, 11) is 0. The molecule has 3 heterocycles. The largest absolute Gasteiger partial charge is 0.416 e. The summed E-state index contributed by atoms with van der Waals surface area (Å²) >= 11 is 1.30. The summed E-state index contributed by atoms with van der Waals surface area (Å²) in [4.78, 5) is 11.3. The van der Waals surface area contributed by atoms with Crippen molar-refractivity contribution in [1.29, 1.82) is 0 Å². The summed E-state index contributed by atoms with van der Waals surface area (Å²) in [6, 6.07) is 8.69. The predicted molar refractivity (Wildman–Crippen MR) is 106 cm³/mol. The molecule has 0 radical (unpaired) electrons. The van der Waals surface area contributed by atoms with Crippen molar-refractivity contribution in [3.05, 3.63) is 47.3 Å². The first-order valence-electron chi connectivity index (χ1n) is 8.44. The van der Waals surface area contributed by atoms with Gasteiger partial charge in [-0.1, -0.05) is 12.1 Å². The molecule has 0 saturated carbocycles. The van der Waals surface area contributed by atoms with Gasteiger partial charge in [0.05, 0.1) is 11.3 Å². The van der Waals surface area contributed by atoms with Crippen LogP contribution in [0.1, 0.15) is 5.56 Å². The second kappa shape index (κ2) is 8.42. The molecule has 0 spiro atoms. The topological polar surface area (TPSA) is 53.9 Å². The van der Waals surface area contributed by atoms with Gasteiger partial charge < -0.3 is 10.2 Å². The van der Waals surface area contributed by atoms with Gasteiger partial charge in [0.25, 0.3) is 0 Å². The lowest BCUT2D eigenvalue weighted by molar-refractivity contribution is -0.137. The highest BCUT2D eigenvalue weighted by Crippen LogP contribution is 2.32. The van der Waals surface area contributed by atoms with Crippen molar-refractivity contribution in [3.63, 3.8) is 0 Å². The normalized spacial score (nSPS) is 14.6. The summed E-state index contributed by atoms with van der Waals surface area (Å²) in [5.74, 6) is 1.23. The lowest BCUT2D eigenvalue weighted by Crippen LogP contribution is -2.44. The molecule has 0 amide bonds. The lowest BCUT2D eigenvalue weighted by atomic mass is 10.1. The minimum atomic E-state index is -4.36. The van der Waals surface area contributed by atoms with Crippen LogP contribution in [0.4, 0.5) is 19.0 Å². The number of nitrogens with zero attached hydrogens (tertiary/aromatic N) is 4. The molecule has 3 aromatic rings. The number of hydrogen-bond acceptors (Lipinski definition) is 6. The number of halogens is 4. The van der Waals surface area contributed by atoms with Crippen LogP contribution in [0.2, 0.25) is 0 Å². The zero-order valence-electron chi connectivity index (χ0n) is 14.6. The second-order valence-corrected chi connectivity index (χ2v) is 6.80. The number of piperazine rings is 1. The molecule has 4 rings (SSSR count). The van der Waals surface area contributed by atoms with E-state index in [1.165, 1.54) is 23.7 Å². The fourth-order valence-electron chi connectivity index (χ4n) is 2.91. The number of rotatable bonds is 3. The molecule has 1 saturated heterocycles. The predicted octanol–water partition coefficient (Wildman–Crippen LogP) is 4.12. The number of benzene rings is 1. The van der Waals surface area contributed by atoms with E-state index in [4.69, 9.17) is 0 Å². The molecule has 5 nitrogen and oxygen atoms in total. The fourth-order valence-corrected chi connectivity index (χ4v) is 3.42. The molecule has 0 bridgehead atoms. The van der Waals surface area contributed by atoms with Crippen LogP contribution in [-0.4, -0.2) is 40.5 Å². The lowest BCUT2D eigenvalue weighted by Gasteiger charge is -2.28. The summed E-state index contributed by atoms with van der Waals surface area (Å²) in [5.41, 5.74) is 1.17. The molecular weight excluding hydrogens is 411 g/mol. The highest BCUT2D eigenvalue weighted by Gasteiger charge is 2.30. The van der Waals surface area contributed by atoms with Crippen LogP contribution in [0.5, 0.6) is 0 Å². The van der Waals surface area contributed by atoms with Gasteiger partial charge in [-0.05, 0) is 29.7 Å². The van der Waals surface area contributed by atoms with E-state index < -0.39 is 11.7 Å². The molecular formula is C18H17ClF3N5S. The molecule has 1 aliphatic heterocycles. The highest BCUT2D eigenvalue weighted by atomic mass is 35.5. The van der Waals surface area contributed by atoms with Crippen molar-refractivity contribution < 1.29 is 13.2 Å². The van der Waals surface area contributed by atoms with Gasteiger partial charge >= 0.3 is 6.18 Å². The molecule has 28 heavy (non-hydrogen) atoms. The molecule has 0 unspecified atom stereocenters. The average molecular weight is 428 g/mol. The van der Waals surface area contributed by atoms with Gasteiger partial charge in [-0.2, -0.15) is 17.5 Å². The van der Waals surface area contributed by atoms with E-state index in [0.717, 1.165) is 44.1 Å². The number of hydrogen-bond donors (Lipinski definition) is 1. The van der Waals surface area contributed by atoms with Gasteiger partial charge in [-0.15, -0.1) is 12.4 Å². The number of alkyl halides is 3. The number of nitrogens with one attached hydrogen (secondary N) is 1. The third kappa shape index (κ3) is 4.43. The Bertz CT molecular complexity index is 910. The number of anilines is 1. The minimum absolute atomic E-state index is 0. The highest BCUT2D eigenvalue weighted by molar-refractivity contribution is 7.03. The first-order chi connectivity index (χ1) is 13.0. The van der Waals surface area contributed by atoms with Crippen LogP contribution >= 0.6 is 23.9 Å². The number of aromatic nitrogens is 3. The first kappa shape index (κ1) is 20.5. The fraction of sp³-hybridized carbons (Fsp3) is 0.278. The monoisotopic (exact) mass is 427 g/mol. The molecule has 148 valence electrons. The van der Waals surface area contributed by atoms with Gasteiger partial charge in [-0.25, -0.2) is 9.97 Å². The van der Waals surface area contributed by atoms with Crippen LogP contribution in [0, 0.1) is 0 Å². The molecule has 1 fully saturated rings. The Morgan fingerprint density at radius 2 is 1.68 bits per heavy atom. The van der Waals surface area contributed by atoms with Gasteiger partial charge in [0.2, 0.25) is 0 Å². The standard InChI is InChI=1S/C18H16F3N5S.ClH/c19-18(20,21)13-3-1-12(2-4-13)15-11-16(26-8-6-22-7-9-26)24-17(23-15)14-5-10-27-25-14;/h1-5,10-11,22H,6-9H2;1H. The molecule has 1 N–H and O–H groups in total. The van der Waals surface area contributed by atoms with E-state index in [1.54, 1.807) is 0 Å². The maximum absolute atomic E-state index is 12.8. The van der Waals surface area contributed by atoms with Crippen molar-refractivity contribution in [2.75, 3.05) is 31.1 Å². The van der Waals surface area contributed by atoms with Crippen molar-refractivity contribution >= 4 is 29.8 Å².